The van der Waals surface area contributed by atoms with Crippen molar-refractivity contribution >= 4 is 16.8 Å². The standard InChI is InChI=1S/C15H14N2O3/c1-8-3-4-10(5-9(8)2)19-13-7-12-14(6-11(13)16)20-15(18)17-12/h3-7H,16H2,1-2H3,(H,17,18). The van der Waals surface area contributed by atoms with Crippen molar-refractivity contribution in [3.8, 4) is 11.5 Å². The summed E-state index contributed by atoms with van der Waals surface area (Å²) in [6, 6.07) is 9.04. The van der Waals surface area contributed by atoms with E-state index in [1.54, 1.807) is 12.1 Å². The second-order valence-corrected chi connectivity index (χ2v) is 4.75. The molecule has 0 amide bonds. The van der Waals surface area contributed by atoms with Gasteiger partial charge in [0.15, 0.2) is 11.3 Å². The number of nitrogens with one attached hydrogen (secondary N) is 1. The number of fused-ring (bicyclic) bond motifs is 1. The van der Waals surface area contributed by atoms with E-state index in [9.17, 15) is 4.79 Å². The molecule has 1 heterocycles. The molecule has 0 spiro atoms. The maximum absolute atomic E-state index is 11.1. The van der Waals surface area contributed by atoms with Crippen LogP contribution in [0.4, 0.5) is 5.69 Å². The predicted octanol–water partition coefficient (Wildman–Crippen LogP) is 3.11. The van der Waals surface area contributed by atoms with Crippen molar-refractivity contribution in [2.75, 3.05) is 5.73 Å². The fourth-order valence-corrected chi connectivity index (χ4v) is 1.99. The molecule has 0 saturated carbocycles. The summed E-state index contributed by atoms with van der Waals surface area (Å²) in [7, 11) is 0. The molecule has 20 heavy (non-hydrogen) atoms. The summed E-state index contributed by atoms with van der Waals surface area (Å²) in [4.78, 5) is 13.7. The van der Waals surface area contributed by atoms with Gasteiger partial charge in [0, 0.05) is 12.1 Å². The fraction of sp³-hybridized carbons (Fsp3) is 0.133. The Morgan fingerprint density at radius 1 is 1.15 bits per heavy atom. The monoisotopic (exact) mass is 270 g/mol. The normalized spacial score (nSPS) is 10.9. The minimum atomic E-state index is -0.511. The van der Waals surface area contributed by atoms with Crippen molar-refractivity contribution in [2.45, 2.75) is 13.8 Å². The molecule has 3 rings (SSSR count). The molecular weight excluding hydrogens is 256 g/mol. The van der Waals surface area contributed by atoms with Gasteiger partial charge in [-0.15, -0.1) is 0 Å². The zero-order chi connectivity index (χ0) is 14.3. The average Bonchev–Trinajstić information content (AvgIpc) is 2.73. The van der Waals surface area contributed by atoms with E-state index in [1.807, 2.05) is 32.0 Å². The number of aryl methyl sites for hydroxylation is 2. The number of aromatic amines is 1. The molecule has 3 N–H and O–H groups in total. The van der Waals surface area contributed by atoms with E-state index < -0.39 is 5.76 Å². The van der Waals surface area contributed by atoms with E-state index in [0.29, 0.717) is 28.3 Å². The molecule has 3 aromatic rings. The third-order valence-corrected chi connectivity index (χ3v) is 3.26. The SMILES string of the molecule is Cc1ccc(Oc2cc3[nH]c(=O)oc3cc2N)cc1C. The second kappa shape index (κ2) is 4.45. The van der Waals surface area contributed by atoms with Gasteiger partial charge in [0.05, 0.1) is 11.2 Å². The third-order valence-electron chi connectivity index (χ3n) is 3.26. The van der Waals surface area contributed by atoms with Crippen LogP contribution in [0.1, 0.15) is 11.1 Å². The van der Waals surface area contributed by atoms with Crippen LogP contribution in [0.5, 0.6) is 11.5 Å². The van der Waals surface area contributed by atoms with E-state index >= 15 is 0 Å². The summed E-state index contributed by atoms with van der Waals surface area (Å²) >= 11 is 0. The largest absolute Gasteiger partial charge is 0.455 e. The summed E-state index contributed by atoms with van der Waals surface area (Å²) in [6.45, 7) is 4.05. The van der Waals surface area contributed by atoms with E-state index in [0.717, 1.165) is 5.56 Å². The highest BCUT2D eigenvalue weighted by Gasteiger charge is 2.09. The molecule has 0 radical (unpaired) electrons. The molecule has 0 aliphatic rings. The highest BCUT2D eigenvalue weighted by atomic mass is 16.5. The van der Waals surface area contributed by atoms with Gasteiger partial charge in [0.2, 0.25) is 0 Å². The number of ether oxygens (including phenoxy) is 1. The maximum atomic E-state index is 11.1. The molecular formula is C15H14N2O3. The lowest BCUT2D eigenvalue weighted by Gasteiger charge is -2.10. The molecule has 5 heteroatoms. The number of nitrogen functional groups attached to an aromatic ring is 1. The van der Waals surface area contributed by atoms with Crippen LogP contribution in [0, 0.1) is 13.8 Å². The summed E-state index contributed by atoms with van der Waals surface area (Å²) in [5.41, 5.74) is 9.63. The topological polar surface area (TPSA) is 81.2 Å². The lowest BCUT2D eigenvalue weighted by molar-refractivity contribution is 0.485. The van der Waals surface area contributed by atoms with Gasteiger partial charge in [0.25, 0.3) is 0 Å². The van der Waals surface area contributed by atoms with Gasteiger partial charge in [-0.2, -0.15) is 0 Å². The number of anilines is 1. The van der Waals surface area contributed by atoms with Gasteiger partial charge < -0.3 is 14.9 Å². The first-order valence-corrected chi connectivity index (χ1v) is 6.20. The zero-order valence-electron chi connectivity index (χ0n) is 11.2. The molecule has 0 saturated heterocycles. The summed E-state index contributed by atoms with van der Waals surface area (Å²) < 4.78 is 10.7. The molecule has 0 aliphatic heterocycles. The molecule has 0 fully saturated rings. The Morgan fingerprint density at radius 2 is 1.95 bits per heavy atom. The summed E-state index contributed by atoms with van der Waals surface area (Å²) in [6.07, 6.45) is 0. The molecule has 0 aliphatic carbocycles. The maximum Gasteiger partial charge on any atom is 0.417 e. The van der Waals surface area contributed by atoms with E-state index in [4.69, 9.17) is 14.9 Å². The van der Waals surface area contributed by atoms with Gasteiger partial charge in [-0.05, 0) is 37.1 Å². The second-order valence-electron chi connectivity index (χ2n) is 4.75. The van der Waals surface area contributed by atoms with E-state index in [1.165, 1.54) is 5.56 Å². The van der Waals surface area contributed by atoms with Crippen LogP contribution < -0.4 is 16.2 Å². The Balaban J connectivity index is 2.02. The highest BCUT2D eigenvalue weighted by molar-refractivity contribution is 5.80. The lowest BCUT2D eigenvalue weighted by atomic mass is 10.1. The smallest absolute Gasteiger partial charge is 0.417 e. The van der Waals surface area contributed by atoms with Crippen LogP contribution >= 0.6 is 0 Å². The van der Waals surface area contributed by atoms with Crippen molar-refractivity contribution < 1.29 is 9.15 Å². The van der Waals surface area contributed by atoms with Crippen LogP contribution in [-0.4, -0.2) is 4.98 Å². The highest BCUT2D eigenvalue weighted by Crippen LogP contribution is 2.31. The van der Waals surface area contributed by atoms with Crippen molar-refractivity contribution in [2.24, 2.45) is 0 Å². The van der Waals surface area contributed by atoms with E-state index in [2.05, 4.69) is 4.98 Å². The molecule has 0 bridgehead atoms. The van der Waals surface area contributed by atoms with Crippen LogP contribution in [0.3, 0.4) is 0 Å². The van der Waals surface area contributed by atoms with Crippen LogP contribution in [-0.2, 0) is 0 Å². The molecule has 5 nitrogen and oxygen atoms in total. The minimum absolute atomic E-state index is 0.415. The van der Waals surface area contributed by atoms with Crippen molar-refractivity contribution in [3.05, 3.63) is 52.0 Å². The first-order valence-electron chi connectivity index (χ1n) is 6.20. The van der Waals surface area contributed by atoms with Gasteiger partial charge in [-0.3, -0.25) is 4.98 Å². The van der Waals surface area contributed by atoms with Gasteiger partial charge in [-0.1, -0.05) is 6.07 Å². The fourth-order valence-electron chi connectivity index (χ4n) is 1.99. The minimum Gasteiger partial charge on any atom is -0.455 e. The zero-order valence-corrected chi connectivity index (χ0v) is 11.2. The van der Waals surface area contributed by atoms with Gasteiger partial charge >= 0.3 is 5.76 Å². The number of aromatic nitrogens is 1. The van der Waals surface area contributed by atoms with Crippen molar-refractivity contribution in [1.29, 1.82) is 0 Å². The van der Waals surface area contributed by atoms with Crippen molar-refractivity contribution in [3.63, 3.8) is 0 Å². The van der Waals surface area contributed by atoms with Crippen LogP contribution in [0.15, 0.2) is 39.5 Å². The van der Waals surface area contributed by atoms with Crippen molar-refractivity contribution in [1.82, 2.24) is 4.98 Å². The predicted molar refractivity (Wildman–Crippen MR) is 77.2 cm³/mol. The first-order chi connectivity index (χ1) is 9.52. The average molecular weight is 270 g/mol. The number of benzene rings is 2. The molecule has 1 aromatic heterocycles. The number of hydrogen-bond acceptors (Lipinski definition) is 4. The number of nitrogens with two attached hydrogens (primary N) is 1. The number of rotatable bonds is 2. The van der Waals surface area contributed by atoms with Crippen LogP contribution in [0.25, 0.3) is 11.1 Å². The quantitative estimate of drug-likeness (QED) is 0.701. The van der Waals surface area contributed by atoms with Gasteiger partial charge in [-0.25, -0.2) is 4.79 Å². The number of H-pyrrole nitrogens is 1. The Hall–Kier alpha value is -2.69. The third kappa shape index (κ3) is 2.14. The number of hydrogen-bond donors (Lipinski definition) is 2. The molecule has 2 aromatic carbocycles. The lowest BCUT2D eigenvalue weighted by Crippen LogP contribution is -1.94. The van der Waals surface area contributed by atoms with E-state index in [-0.39, 0.29) is 0 Å². The number of oxazole rings is 1. The Kier molecular flexibility index (Phi) is 2.75. The summed E-state index contributed by atoms with van der Waals surface area (Å²) in [5, 5.41) is 0. The first kappa shape index (κ1) is 12.3. The van der Waals surface area contributed by atoms with Crippen LogP contribution in [0.2, 0.25) is 0 Å². The molecule has 102 valence electrons. The summed E-state index contributed by atoms with van der Waals surface area (Å²) in [5.74, 6) is 0.672. The molecule has 0 unspecified atom stereocenters. The molecule has 0 atom stereocenters. The Bertz CT molecular complexity index is 846. The Morgan fingerprint density at radius 3 is 2.70 bits per heavy atom. The van der Waals surface area contributed by atoms with Gasteiger partial charge in [0.1, 0.15) is 5.75 Å². The Labute approximate surface area is 115 Å².